The molecule has 1 aliphatic heterocycles. The minimum Gasteiger partial charge on any atom is -0.457 e. The van der Waals surface area contributed by atoms with Crippen molar-refractivity contribution < 1.29 is 11.6 Å². The van der Waals surface area contributed by atoms with Gasteiger partial charge in [-0.25, -0.2) is 4.98 Å². The van der Waals surface area contributed by atoms with E-state index in [2.05, 4.69) is 193 Å². The van der Waals surface area contributed by atoms with E-state index in [4.69, 9.17) is 16.6 Å². The first-order valence-electron chi connectivity index (χ1n) is 28.1. The summed E-state index contributed by atoms with van der Waals surface area (Å²) in [4.78, 5) is 5.01. The second-order valence-corrected chi connectivity index (χ2v) is 25.0. The van der Waals surface area contributed by atoms with Crippen LogP contribution in [-0.4, -0.2) is 15.6 Å². The van der Waals surface area contributed by atoms with E-state index in [-0.39, 0.29) is 56.8 Å². The van der Waals surface area contributed by atoms with Gasteiger partial charge in [-0.15, -0.1) is 0 Å². The van der Waals surface area contributed by atoms with Crippen LogP contribution in [0.25, 0.3) is 49.9 Å². The monoisotopic (exact) mass is 966 g/mol. The average molecular weight is 966 g/mol. The van der Waals surface area contributed by atoms with E-state index in [1.807, 2.05) is 63.9 Å². The maximum atomic E-state index is 9.11. The number of benzene rings is 7. The van der Waals surface area contributed by atoms with Crippen LogP contribution < -0.4 is 13.9 Å². The van der Waals surface area contributed by atoms with Crippen molar-refractivity contribution in [1.82, 2.24) is 18.7 Å². The van der Waals surface area contributed by atoms with Gasteiger partial charge in [-0.2, -0.15) is 0 Å². The van der Waals surface area contributed by atoms with Crippen molar-refractivity contribution in [3.05, 3.63) is 192 Å². The Morgan fingerprint density at radius 3 is 1.70 bits per heavy atom. The third kappa shape index (κ3) is 9.60. The van der Waals surface area contributed by atoms with Crippen molar-refractivity contribution in [3.63, 3.8) is 0 Å². The molecule has 5 heteroatoms. The summed E-state index contributed by atoms with van der Waals surface area (Å²) >= 11 is 0. The number of para-hydroxylation sites is 1. The van der Waals surface area contributed by atoms with Gasteiger partial charge in [0.05, 0.1) is 29.5 Å². The second kappa shape index (κ2) is 17.7. The Morgan fingerprint density at radius 2 is 1.07 bits per heavy atom. The fourth-order valence-corrected chi connectivity index (χ4v) is 9.71. The molecule has 0 saturated heterocycles. The summed E-state index contributed by atoms with van der Waals surface area (Å²) in [6.07, 6.45) is 1.91. The number of hydrogen-bond acceptors (Lipinski definition) is 2. The van der Waals surface area contributed by atoms with Crippen LogP contribution in [0.1, 0.15) is 139 Å². The van der Waals surface area contributed by atoms with Crippen LogP contribution in [0.4, 0.5) is 22.7 Å². The zero-order chi connectivity index (χ0) is 56.3. The van der Waals surface area contributed by atoms with Gasteiger partial charge in [0.1, 0.15) is 17.3 Å². The molecule has 1 aliphatic rings. The zero-order valence-corrected chi connectivity index (χ0v) is 45.4. The predicted octanol–water partition coefficient (Wildman–Crippen LogP) is 18.6. The summed E-state index contributed by atoms with van der Waals surface area (Å²) in [5.41, 5.74) is 13.5. The number of hydrogen-bond donors (Lipinski definition) is 0. The van der Waals surface area contributed by atoms with Gasteiger partial charge in [-0.1, -0.05) is 177 Å². The molecule has 2 aromatic heterocycles. The summed E-state index contributed by atoms with van der Waals surface area (Å²) in [5, 5.41) is 2.20. The summed E-state index contributed by atoms with van der Waals surface area (Å²) in [6, 6.07) is 46.6. The number of pyridine rings is 1. The van der Waals surface area contributed by atoms with Gasteiger partial charge >= 0.3 is 11.7 Å². The number of rotatable bonds is 7. The molecule has 5 nitrogen and oxygen atoms in total. The maximum absolute atomic E-state index is 9.11. The highest BCUT2D eigenvalue weighted by Crippen LogP contribution is 2.46. The molecule has 0 saturated carbocycles. The number of fused-ring (bicyclic) bond motifs is 4. The van der Waals surface area contributed by atoms with Crippen LogP contribution in [0.15, 0.2) is 164 Å². The molecule has 0 bridgehead atoms. The lowest BCUT2D eigenvalue weighted by Gasteiger charge is -2.26. The number of aromatic nitrogens is 2. The topological polar surface area (TPSA) is 33.1 Å². The van der Waals surface area contributed by atoms with Crippen LogP contribution in [0, 0.1) is 0 Å². The van der Waals surface area contributed by atoms with E-state index < -0.39 is 6.04 Å². The molecule has 9 aromatic rings. The van der Waals surface area contributed by atoms with Crippen molar-refractivity contribution >= 4 is 50.6 Å². The summed E-state index contributed by atoms with van der Waals surface area (Å²) < 4.78 is 57.1. The lowest BCUT2D eigenvalue weighted by Crippen LogP contribution is -2.17. The second-order valence-electron chi connectivity index (χ2n) is 25.0. The van der Waals surface area contributed by atoms with Gasteiger partial charge in [0.2, 0.25) is 11.4 Å². The summed E-state index contributed by atoms with van der Waals surface area (Å²) in [7, 11) is 0. The van der Waals surface area contributed by atoms with Crippen molar-refractivity contribution in [3.8, 4) is 39.6 Å². The Hall–Kier alpha value is -7.33. The van der Waals surface area contributed by atoms with Crippen LogP contribution >= 0.6 is 0 Å². The largest absolute Gasteiger partial charge is 0.503 e. The Labute approximate surface area is 441 Å². The van der Waals surface area contributed by atoms with Gasteiger partial charge < -0.3 is 4.74 Å². The van der Waals surface area contributed by atoms with E-state index in [0.717, 1.165) is 61.4 Å². The molecule has 73 heavy (non-hydrogen) atoms. The normalized spacial score (nSPS) is 14.3. The molecule has 0 spiro atoms. The summed E-state index contributed by atoms with van der Waals surface area (Å²) in [5.74, 6) is 2.08. The molecule has 10 rings (SSSR count). The Morgan fingerprint density at radius 1 is 0.466 bits per heavy atom. The quantitative estimate of drug-likeness (QED) is 0.149. The van der Waals surface area contributed by atoms with Crippen LogP contribution in [-0.2, 0) is 27.1 Å². The molecule has 0 N–H and O–H groups in total. The Balaban J connectivity index is 1.14. The van der Waals surface area contributed by atoms with E-state index in [1.165, 1.54) is 22.3 Å². The fourth-order valence-electron chi connectivity index (χ4n) is 9.71. The van der Waals surface area contributed by atoms with Crippen molar-refractivity contribution in [2.75, 3.05) is 0 Å². The van der Waals surface area contributed by atoms with Gasteiger partial charge in [-0.05, 0) is 129 Å². The standard InChI is InChI=1S/C68H72N4O/c1-64(2,3)47-31-32-69-62(40-47)72-59-30-27-45(46-33-48(65(4,5)6)36-49(34-46)66(7,8)9)35-58(59)57-29-28-55(42-61(57)72)73-54-24-19-23-52(41-54)70-43-71(53-38-50(67(10,11)12)37-51(39-53)68(13,14)15)63-56(25-20-26-60(63)70)44-21-17-16-18-22-44/h16-42H,1-15H3/q+2/i16D,17D,18D,21D,22D. The predicted molar refractivity (Wildman–Crippen MR) is 310 cm³/mol. The van der Waals surface area contributed by atoms with E-state index in [9.17, 15) is 0 Å². The highest BCUT2D eigenvalue weighted by molar-refractivity contribution is 6.11. The minimum absolute atomic E-state index is 0.0261. The van der Waals surface area contributed by atoms with Gasteiger partial charge in [-0.3, -0.25) is 4.57 Å². The third-order valence-corrected chi connectivity index (χ3v) is 14.2. The van der Waals surface area contributed by atoms with Crippen molar-refractivity contribution in [1.29, 1.82) is 0 Å². The molecule has 0 atom stereocenters. The molecule has 0 amide bonds. The van der Waals surface area contributed by atoms with Gasteiger partial charge in [0, 0.05) is 47.3 Å². The van der Waals surface area contributed by atoms with E-state index in [0.29, 0.717) is 22.7 Å². The highest BCUT2D eigenvalue weighted by atomic mass is 16.5. The Kier molecular flexibility index (Phi) is 10.5. The molecule has 0 fully saturated rings. The molecule has 0 radical (unpaired) electrons. The number of nitrogens with zero attached hydrogens (tertiary/aromatic N) is 4. The lowest BCUT2D eigenvalue weighted by atomic mass is 9.79. The fraction of sp³-hybridized carbons (Fsp3) is 0.294. The van der Waals surface area contributed by atoms with Crippen molar-refractivity contribution in [2.24, 2.45) is 0 Å². The molecule has 368 valence electrons. The van der Waals surface area contributed by atoms with Crippen LogP contribution in [0.5, 0.6) is 11.5 Å². The van der Waals surface area contributed by atoms with Crippen LogP contribution in [0.3, 0.4) is 0 Å². The van der Waals surface area contributed by atoms with Crippen LogP contribution in [0.2, 0.25) is 0 Å². The molecule has 3 heterocycles. The third-order valence-electron chi connectivity index (χ3n) is 14.2. The smallest absolute Gasteiger partial charge is 0.457 e. The average Bonchev–Trinajstić information content (AvgIpc) is 4.12. The van der Waals surface area contributed by atoms with Gasteiger partial charge in [0.15, 0.2) is 0 Å². The lowest BCUT2D eigenvalue weighted by molar-refractivity contribution is 0.483. The molecule has 7 aromatic carbocycles. The molecular formula is C68H72N4O+2. The first-order valence-corrected chi connectivity index (χ1v) is 25.6. The summed E-state index contributed by atoms with van der Waals surface area (Å²) in [6.45, 7) is 33.5. The van der Waals surface area contributed by atoms with E-state index in [1.54, 1.807) is 0 Å². The van der Waals surface area contributed by atoms with Gasteiger partial charge in [0.25, 0.3) is 5.69 Å². The maximum Gasteiger partial charge on any atom is 0.503 e. The molecule has 0 aliphatic carbocycles. The minimum atomic E-state index is -0.434. The zero-order valence-electron chi connectivity index (χ0n) is 50.4. The highest BCUT2D eigenvalue weighted by Gasteiger charge is 2.40. The Bertz CT molecular complexity index is 3920. The first kappa shape index (κ1) is 43.3. The molecular weight excluding hydrogens is 889 g/mol. The SMILES string of the molecule is [2H]c1c([2H])c([2H])c(-c2cccc3c2[N+](c2cc(C(C)(C)C)cc(C(C)(C)C)c2)=C=[N+]3c2cccc(Oc3ccc4c5cc(-c6cc(C(C)(C)C)cc(C(C)(C)C)c6)ccc5n(-c5cc(C(C)(C)C)ccn5)c4c3)c2)c([2H])c1[2H]. The molecule has 0 unspecified atom stereocenters. The first-order chi connectivity index (χ1) is 36.4. The van der Waals surface area contributed by atoms with E-state index >= 15 is 0 Å². The number of ether oxygens (including phenoxy) is 1. The van der Waals surface area contributed by atoms with Crippen molar-refractivity contribution in [2.45, 2.75) is 131 Å².